The first-order chi connectivity index (χ1) is 14.2. The quantitative estimate of drug-likeness (QED) is 0.672. The largest absolute Gasteiger partial charge is 0.353 e. The maximum Gasteiger partial charge on any atom is 0.227 e. The van der Waals surface area contributed by atoms with Gasteiger partial charge in [0, 0.05) is 38.8 Å². The molecule has 0 radical (unpaired) electrons. The summed E-state index contributed by atoms with van der Waals surface area (Å²) in [6, 6.07) is 18.5. The number of rotatable bonds is 5. The lowest BCUT2D eigenvalue weighted by Gasteiger charge is -2.35. The monoisotopic (exact) mass is 390 g/mol. The van der Waals surface area contributed by atoms with Gasteiger partial charge in [0.1, 0.15) is 17.5 Å². The zero-order valence-electron chi connectivity index (χ0n) is 16.2. The van der Waals surface area contributed by atoms with E-state index < -0.39 is 0 Å². The molecule has 0 bridgehead atoms. The van der Waals surface area contributed by atoms with Crippen molar-refractivity contribution in [1.82, 2.24) is 14.9 Å². The highest BCUT2D eigenvalue weighted by Gasteiger charge is 2.23. The van der Waals surface area contributed by atoms with Crippen molar-refractivity contribution in [2.24, 2.45) is 0 Å². The van der Waals surface area contributed by atoms with Crippen LogP contribution in [0.4, 0.5) is 10.2 Å². The molecule has 0 aliphatic carbocycles. The van der Waals surface area contributed by atoms with Crippen LogP contribution < -0.4 is 4.90 Å². The number of amides is 1. The van der Waals surface area contributed by atoms with Gasteiger partial charge in [-0.15, -0.1) is 0 Å². The molecule has 0 spiro atoms. The number of aromatic nitrogens is 2. The smallest absolute Gasteiger partial charge is 0.227 e. The number of hydrogen-bond acceptors (Lipinski definition) is 4. The van der Waals surface area contributed by atoms with Gasteiger partial charge in [-0.2, -0.15) is 0 Å². The SMILES string of the molecule is O=C(Cc1ccccc1F)N1CCN(c2ccnc(Cc3ccccc3)n2)CC1. The Hall–Kier alpha value is -3.28. The van der Waals surface area contributed by atoms with Crippen LogP contribution in [0.15, 0.2) is 66.9 Å². The van der Waals surface area contributed by atoms with E-state index >= 15 is 0 Å². The summed E-state index contributed by atoms with van der Waals surface area (Å²) in [6.07, 6.45) is 2.58. The number of anilines is 1. The third kappa shape index (κ3) is 4.77. The molecule has 2 aromatic carbocycles. The number of piperazine rings is 1. The van der Waals surface area contributed by atoms with E-state index in [1.165, 1.54) is 11.6 Å². The first-order valence-corrected chi connectivity index (χ1v) is 9.81. The number of carbonyl (C=O) groups excluding carboxylic acids is 1. The Labute approximate surface area is 169 Å². The molecule has 3 aromatic rings. The average Bonchev–Trinajstić information content (AvgIpc) is 2.76. The molecule has 4 rings (SSSR count). The number of carbonyl (C=O) groups is 1. The predicted molar refractivity (Wildman–Crippen MR) is 110 cm³/mol. The molecule has 0 N–H and O–H groups in total. The van der Waals surface area contributed by atoms with Crippen LogP contribution in [0.5, 0.6) is 0 Å². The van der Waals surface area contributed by atoms with E-state index in [4.69, 9.17) is 4.98 Å². The summed E-state index contributed by atoms with van der Waals surface area (Å²) in [6.45, 7) is 2.60. The minimum Gasteiger partial charge on any atom is -0.353 e. The molecule has 2 heterocycles. The second-order valence-electron chi connectivity index (χ2n) is 7.13. The summed E-state index contributed by atoms with van der Waals surface area (Å²) in [7, 11) is 0. The molecule has 1 saturated heterocycles. The molecule has 29 heavy (non-hydrogen) atoms. The summed E-state index contributed by atoms with van der Waals surface area (Å²) in [5.74, 6) is 1.30. The molecule has 1 fully saturated rings. The molecule has 0 saturated carbocycles. The molecule has 0 atom stereocenters. The predicted octanol–water partition coefficient (Wildman–Crippen LogP) is 3.10. The lowest BCUT2D eigenvalue weighted by molar-refractivity contribution is -0.130. The normalized spacial score (nSPS) is 14.1. The second-order valence-corrected chi connectivity index (χ2v) is 7.13. The standard InChI is InChI=1S/C23H23FN4O/c24-20-9-5-4-8-19(20)17-23(29)28-14-12-27(13-15-28)22-10-11-25-21(26-22)16-18-6-2-1-3-7-18/h1-11H,12-17H2. The van der Waals surface area contributed by atoms with Gasteiger partial charge >= 0.3 is 0 Å². The first kappa shape index (κ1) is 19.1. The van der Waals surface area contributed by atoms with Crippen molar-refractivity contribution in [2.75, 3.05) is 31.1 Å². The molecule has 1 amide bonds. The van der Waals surface area contributed by atoms with Crippen LogP contribution in [-0.2, 0) is 17.6 Å². The van der Waals surface area contributed by atoms with Gasteiger partial charge in [-0.1, -0.05) is 48.5 Å². The van der Waals surface area contributed by atoms with Crippen molar-refractivity contribution in [3.8, 4) is 0 Å². The van der Waals surface area contributed by atoms with Gasteiger partial charge in [-0.05, 0) is 23.3 Å². The van der Waals surface area contributed by atoms with Gasteiger partial charge in [0.05, 0.1) is 6.42 Å². The summed E-state index contributed by atoms with van der Waals surface area (Å²) in [5.41, 5.74) is 1.62. The van der Waals surface area contributed by atoms with Crippen LogP contribution in [-0.4, -0.2) is 47.0 Å². The number of benzene rings is 2. The lowest BCUT2D eigenvalue weighted by Crippen LogP contribution is -2.49. The molecular formula is C23H23FN4O. The van der Waals surface area contributed by atoms with Crippen molar-refractivity contribution in [3.05, 3.63) is 89.6 Å². The Bertz CT molecular complexity index is 971. The number of nitrogens with zero attached hydrogens (tertiary/aromatic N) is 4. The maximum atomic E-state index is 13.8. The van der Waals surface area contributed by atoms with Gasteiger partial charge in [-0.25, -0.2) is 14.4 Å². The van der Waals surface area contributed by atoms with Crippen molar-refractivity contribution in [2.45, 2.75) is 12.8 Å². The van der Waals surface area contributed by atoms with E-state index in [-0.39, 0.29) is 18.1 Å². The van der Waals surface area contributed by atoms with E-state index in [1.807, 2.05) is 24.3 Å². The topological polar surface area (TPSA) is 49.3 Å². The van der Waals surface area contributed by atoms with E-state index in [0.717, 1.165) is 11.6 Å². The Morgan fingerprint density at radius 1 is 0.931 bits per heavy atom. The van der Waals surface area contributed by atoms with Crippen LogP contribution in [0.25, 0.3) is 0 Å². The Kier molecular flexibility index (Phi) is 5.79. The number of halogens is 1. The Balaban J connectivity index is 1.35. The molecular weight excluding hydrogens is 367 g/mol. The molecule has 5 nitrogen and oxygen atoms in total. The van der Waals surface area contributed by atoms with Crippen molar-refractivity contribution in [3.63, 3.8) is 0 Å². The third-order valence-electron chi connectivity index (χ3n) is 5.15. The molecule has 6 heteroatoms. The Morgan fingerprint density at radius 2 is 1.66 bits per heavy atom. The summed E-state index contributed by atoms with van der Waals surface area (Å²) in [4.78, 5) is 25.6. The second kappa shape index (κ2) is 8.82. The van der Waals surface area contributed by atoms with Gasteiger partial charge in [0.2, 0.25) is 5.91 Å². The Morgan fingerprint density at radius 3 is 2.41 bits per heavy atom. The lowest BCUT2D eigenvalue weighted by atomic mass is 10.1. The minimum absolute atomic E-state index is 0.0396. The van der Waals surface area contributed by atoms with Crippen LogP contribution in [0, 0.1) is 5.82 Å². The van der Waals surface area contributed by atoms with Crippen LogP contribution in [0.3, 0.4) is 0 Å². The van der Waals surface area contributed by atoms with Crippen LogP contribution >= 0.6 is 0 Å². The molecule has 148 valence electrons. The summed E-state index contributed by atoms with van der Waals surface area (Å²) in [5, 5.41) is 0. The van der Waals surface area contributed by atoms with Gasteiger partial charge in [0.15, 0.2) is 0 Å². The minimum atomic E-state index is -0.327. The zero-order valence-corrected chi connectivity index (χ0v) is 16.2. The van der Waals surface area contributed by atoms with E-state index in [1.54, 1.807) is 29.3 Å². The fraction of sp³-hybridized carbons (Fsp3) is 0.261. The maximum absolute atomic E-state index is 13.8. The van der Waals surface area contributed by atoms with Crippen molar-refractivity contribution >= 4 is 11.7 Å². The van der Waals surface area contributed by atoms with Crippen molar-refractivity contribution < 1.29 is 9.18 Å². The van der Waals surface area contributed by atoms with Crippen LogP contribution in [0.2, 0.25) is 0 Å². The summed E-state index contributed by atoms with van der Waals surface area (Å²) >= 11 is 0. The fourth-order valence-corrected chi connectivity index (χ4v) is 3.53. The molecule has 1 aliphatic rings. The third-order valence-corrected chi connectivity index (χ3v) is 5.15. The molecule has 1 aromatic heterocycles. The highest BCUT2D eigenvalue weighted by atomic mass is 19.1. The molecule has 1 aliphatic heterocycles. The van der Waals surface area contributed by atoms with Gasteiger partial charge in [0.25, 0.3) is 0 Å². The highest BCUT2D eigenvalue weighted by Crippen LogP contribution is 2.16. The zero-order chi connectivity index (χ0) is 20.1. The fourth-order valence-electron chi connectivity index (χ4n) is 3.53. The molecule has 0 unspecified atom stereocenters. The van der Waals surface area contributed by atoms with E-state index in [0.29, 0.717) is 38.2 Å². The van der Waals surface area contributed by atoms with Crippen molar-refractivity contribution in [1.29, 1.82) is 0 Å². The first-order valence-electron chi connectivity index (χ1n) is 9.81. The van der Waals surface area contributed by atoms with Gasteiger partial charge < -0.3 is 9.80 Å². The summed E-state index contributed by atoms with van der Waals surface area (Å²) < 4.78 is 13.8. The number of hydrogen-bond donors (Lipinski definition) is 0. The highest BCUT2D eigenvalue weighted by molar-refractivity contribution is 5.79. The van der Waals surface area contributed by atoms with E-state index in [2.05, 4.69) is 22.0 Å². The van der Waals surface area contributed by atoms with E-state index in [9.17, 15) is 9.18 Å². The van der Waals surface area contributed by atoms with Gasteiger partial charge in [-0.3, -0.25) is 4.79 Å². The van der Waals surface area contributed by atoms with Crippen LogP contribution in [0.1, 0.15) is 17.0 Å². The average molecular weight is 390 g/mol.